The van der Waals surface area contributed by atoms with Crippen LogP contribution >= 0.6 is 11.6 Å². The molecule has 0 radical (unpaired) electrons. The van der Waals surface area contributed by atoms with Gasteiger partial charge in [0, 0.05) is 44.2 Å². The number of amides is 1. The maximum Gasteiger partial charge on any atom is 0.222 e. The Bertz CT molecular complexity index is 471. The van der Waals surface area contributed by atoms with Crippen LogP contribution in [0.3, 0.4) is 0 Å². The summed E-state index contributed by atoms with van der Waals surface area (Å²) in [5.74, 6) is 0.201. The molecular weight excluding hydrogens is 288 g/mol. The quantitative estimate of drug-likeness (QED) is 0.902. The molecule has 1 aromatic rings. The third-order valence-electron chi connectivity index (χ3n) is 3.76. The van der Waals surface area contributed by atoms with Crippen molar-refractivity contribution in [3.63, 3.8) is 0 Å². The second kappa shape index (κ2) is 7.78. The summed E-state index contributed by atoms with van der Waals surface area (Å²) >= 11 is 5.95. The second-order valence-electron chi connectivity index (χ2n) is 5.66. The number of aryl methyl sites for hydroxylation is 1. The highest BCUT2D eigenvalue weighted by molar-refractivity contribution is 6.30. The summed E-state index contributed by atoms with van der Waals surface area (Å²) in [5, 5.41) is 10.1. The molecule has 0 saturated carbocycles. The fourth-order valence-corrected chi connectivity index (χ4v) is 2.87. The molecule has 1 atom stereocenters. The monoisotopic (exact) mass is 310 g/mol. The zero-order chi connectivity index (χ0) is 15.2. The lowest BCUT2D eigenvalue weighted by atomic mass is 10.1. The first-order valence-corrected chi connectivity index (χ1v) is 7.85. The fourth-order valence-electron chi connectivity index (χ4n) is 2.66. The predicted octanol–water partition coefficient (Wildman–Crippen LogP) is 1.80. The van der Waals surface area contributed by atoms with E-state index in [9.17, 15) is 9.90 Å². The van der Waals surface area contributed by atoms with Gasteiger partial charge in [-0.05, 0) is 31.0 Å². The van der Waals surface area contributed by atoms with Crippen molar-refractivity contribution in [2.45, 2.75) is 25.9 Å². The molecule has 116 valence electrons. The summed E-state index contributed by atoms with van der Waals surface area (Å²) in [6, 6.07) is 7.67. The van der Waals surface area contributed by atoms with Crippen molar-refractivity contribution < 1.29 is 9.90 Å². The summed E-state index contributed by atoms with van der Waals surface area (Å²) in [5.41, 5.74) is 1.10. The van der Waals surface area contributed by atoms with E-state index in [1.165, 1.54) is 0 Å². The Morgan fingerprint density at radius 3 is 2.67 bits per heavy atom. The Kier molecular flexibility index (Phi) is 6.03. The van der Waals surface area contributed by atoms with Crippen molar-refractivity contribution in [1.82, 2.24) is 9.80 Å². The summed E-state index contributed by atoms with van der Waals surface area (Å²) in [6.07, 6.45) is 0.944. The van der Waals surface area contributed by atoms with E-state index >= 15 is 0 Å². The number of carbonyl (C=O) groups is 1. The van der Waals surface area contributed by atoms with E-state index < -0.39 is 0 Å². The van der Waals surface area contributed by atoms with Crippen molar-refractivity contribution >= 4 is 17.5 Å². The molecular formula is C16H23ClN2O2. The summed E-state index contributed by atoms with van der Waals surface area (Å²) < 4.78 is 0. The topological polar surface area (TPSA) is 43.8 Å². The molecule has 1 saturated heterocycles. The summed E-state index contributed by atoms with van der Waals surface area (Å²) in [7, 11) is 0. The van der Waals surface area contributed by atoms with E-state index in [1.807, 2.05) is 29.2 Å². The van der Waals surface area contributed by atoms with Gasteiger partial charge in [-0.1, -0.05) is 23.7 Å². The highest BCUT2D eigenvalue weighted by Gasteiger charge is 2.21. The lowest BCUT2D eigenvalue weighted by molar-refractivity contribution is -0.133. The van der Waals surface area contributed by atoms with Gasteiger partial charge in [0.15, 0.2) is 0 Å². The number of aliphatic hydroxyl groups is 1. The summed E-state index contributed by atoms with van der Waals surface area (Å²) in [4.78, 5) is 16.3. The number of piperazine rings is 1. The van der Waals surface area contributed by atoms with Gasteiger partial charge in [-0.25, -0.2) is 0 Å². The molecule has 1 aromatic carbocycles. The third kappa shape index (κ3) is 5.30. The molecule has 5 heteroatoms. The van der Waals surface area contributed by atoms with Gasteiger partial charge < -0.3 is 10.0 Å². The van der Waals surface area contributed by atoms with Crippen molar-refractivity contribution in [2.24, 2.45) is 0 Å². The predicted molar refractivity (Wildman–Crippen MR) is 84.5 cm³/mol. The Morgan fingerprint density at radius 1 is 1.33 bits per heavy atom. The highest BCUT2D eigenvalue weighted by atomic mass is 35.5. The van der Waals surface area contributed by atoms with Crippen LogP contribution in [0.4, 0.5) is 0 Å². The molecule has 1 fully saturated rings. The summed E-state index contributed by atoms with van der Waals surface area (Å²) in [6.45, 7) is 5.66. The van der Waals surface area contributed by atoms with E-state index in [1.54, 1.807) is 6.92 Å². The lowest BCUT2D eigenvalue weighted by Gasteiger charge is -2.35. The zero-order valence-corrected chi connectivity index (χ0v) is 13.2. The third-order valence-corrected chi connectivity index (χ3v) is 4.00. The van der Waals surface area contributed by atoms with Gasteiger partial charge in [0.1, 0.15) is 0 Å². The average molecular weight is 311 g/mol. The molecule has 0 unspecified atom stereocenters. The standard InChI is InChI=1S/C16H23ClN2O2/c1-13(20)12-18-7-9-19(10-8-18)16(21)6-5-14-3-2-4-15(17)11-14/h2-4,11,13,20H,5-10,12H2,1H3/t13-/m1/s1. The molecule has 1 amide bonds. The molecule has 1 N–H and O–H groups in total. The fraction of sp³-hybridized carbons (Fsp3) is 0.562. The molecule has 21 heavy (non-hydrogen) atoms. The van der Waals surface area contributed by atoms with Crippen LogP contribution in [0.2, 0.25) is 5.02 Å². The number of rotatable bonds is 5. The van der Waals surface area contributed by atoms with Gasteiger partial charge in [-0.15, -0.1) is 0 Å². The van der Waals surface area contributed by atoms with Crippen LogP contribution in [0.1, 0.15) is 18.9 Å². The van der Waals surface area contributed by atoms with Gasteiger partial charge in [0.2, 0.25) is 5.91 Å². The zero-order valence-electron chi connectivity index (χ0n) is 12.5. The van der Waals surface area contributed by atoms with E-state index in [2.05, 4.69) is 4.90 Å². The lowest BCUT2D eigenvalue weighted by Crippen LogP contribution is -2.50. The Balaban J connectivity index is 1.75. The van der Waals surface area contributed by atoms with Crippen LogP contribution in [-0.2, 0) is 11.2 Å². The Hall–Kier alpha value is -1.10. The maximum absolute atomic E-state index is 12.2. The Labute approximate surface area is 131 Å². The molecule has 0 bridgehead atoms. The van der Waals surface area contributed by atoms with E-state index in [-0.39, 0.29) is 12.0 Å². The number of benzene rings is 1. The van der Waals surface area contributed by atoms with Gasteiger partial charge >= 0.3 is 0 Å². The van der Waals surface area contributed by atoms with Crippen molar-refractivity contribution in [3.05, 3.63) is 34.9 Å². The first-order valence-electron chi connectivity index (χ1n) is 7.47. The average Bonchev–Trinajstić information content (AvgIpc) is 2.45. The SMILES string of the molecule is C[C@@H](O)CN1CCN(C(=O)CCc2cccc(Cl)c2)CC1. The molecule has 2 rings (SSSR count). The van der Waals surface area contributed by atoms with Crippen LogP contribution in [0.15, 0.2) is 24.3 Å². The number of aliphatic hydroxyl groups excluding tert-OH is 1. The van der Waals surface area contributed by atoms with Crippen LogP contribution in [0.5, 0.6) is 0 Å². The van der Waals surface area contributed by atoms with Gasteiger partial charge in [0.05, 0.1) is 6.10 Å². The Morgan fingerprint density at radius 2 is 2.05 bits per heavy atom. The van der Waals surface area contributed by atoms with Gasteiger partial charge in [-0.2, -0.15) is 0 Å². The van der Waals surface area contributed by atoms with Crippen LogP contribution in [-0.4, -0.2) is 59.6 Å². The number of hydrogen-bond donors (Lipinski definition) is 1. The van der Waals surface area contributed by atoms with Crippen LogP contribution in [0, 0.1) is 0 Å². The van der Waals surface area contributed by atoms with Crippen LogP contribution in [0.25, 0.3) is 0 Å². The van der Waals surface area contributed by atoms with Gasteiger partial charge in [0.25, 0.3) is 0 Å². The molecule has 1 heterocycles. The number of halogens is 1. The largest absolute Gasteiger partial charge is 0.392 e. The number of carbonyl (C=O) groups excluding carboxylic acids is 1. The van der Waals surface area contributed by atoms with Crippen molar-refractivity contribution in [1.29, 1.82) is 0 Å². The minimum absolute atomic E-state index is 0.201. The second-order valence-corrected chi connectivity index (χ2v) is 6.10. The maximum atomic E-state index is 12.2. The van der Waals surface area contributed by atoms with Gasteiger partial charge in [-0.3, -0.25) is 9.69 Å². The van der Waals surface area contributed by atoms with E-state index in [4.69, 9.17) is 11.6 Å². The highest BCUT2D eigenvalue weighted by Crippen LogP contribution is 2.13. The molecule has 4 nitrogen and oxygen atoms in total. The minimum atomic E-state index is -0.310. The van der Waals surface area contributed by atoms with E-state index in [0.717, 1.165) is 38.2 Å². The van der Waals surface area contributed by atoms with E-state index in [0.29, 0.717) is 18.0 Å². The van der Waals surface area contributed by atoms with Crippen molar-refractivity contribution in [2.75, 3.05) is 32.7 Å². The molecule has 0 aromatic heterocycles. The normalized spacial score (nSPS) is 17.8. The molecule has 0 spiro atoms. The first-order chi connectivity index (χ1) is 10.0. The minimum Gasteiger partial charge on any atom is -0.392 e. The smallest absolute Gasteiger partial charge is 0.222 e. The van der Waals surface area contributed by atoms with Crippen molar-refractivity contribution in [3.8, 4) is 0 Å². The first kappa shape index (κ1) is 16.3. The molecule has 1 aliphatic heterocycles. The molecule has 1 aliphatic rings. The van der Waals surface area contributed by atoms with Crippen LogP contribution < -0.4 is 0 Å². The molecule has 0 aliphatic carbocycles. The number of hydrogen-bond acceptors (Lipinski definition) is 3. The number of nitrogens with zero attached hydrogens (tertiary/aromatic N) is 2. The number of β-amino-alcohol motifs (C(OH)–C–C–N with tert-alkyl or cyclic N) is 1.